The molecule has 116 valence electrons. The maximum absolute atomic E-state index is 4.35. The van der Waals surface area contributed by atoms with Crippen molar-refractivity contribution in [1.29, 1.82) is 0 Å². The molecule has 1 N–H and O–H groups in total. The van der Waals surface area contributed by atoms with Gasteiger partial charge >= 0.3 is 0 Å². The van der Waals surface area contributed by atoms with Gasteiger partial charge in [-0.05, 0) is 41.6 Å². The average molecular weight is 316 g/mol. The maximum Gasteiger partial charge on any atom is 0.223 e. The third-order valence-corrected chi connectivity index (χ3v) is 3.22. The lowest BCUT2D eigenvalue weighted by Gasteiger charge is -2.05. The molecule has 0 aliphatic carbocycles. The molecule has 0 amide bonds. The molecule has 4 aromatic rings. The van der Waals surface area contributed by atoms with Crippen LogP contribution in [0, 0.1) is 0 Å². The van der Waals surface area contributed by atoms with Gasteiger partial charge in [0.05, 0.1) is 18.1 Å². The standard InChI is InChI=1S/C16H12N8/c1-2-9-18-14(5-1)16-21-23-24(22-16)13-6-7-15(19-11-13)20-12-4-3-8-17-10-12/h1-11H,(H,19,20). The molecule has 0 saturated heterocycles. The Bertz CT molecular complexity index is 919. The highest BCUT2D eigenvalue weighted by atomic mass is 15.6. The normalized spacial score (nSPS) is 10.5. The number of hydrogen-bond donors (Lipinski definition) is 1. The van der Waals surface area contributed by atoms with E-state index in [0.717, 1.165) is 5.69 Å². The van der Waals surface area contributed by atoms with Crippen LogP contribution in [0.15, 0.2) is 67.3 Å². The van der Waals surface area contributed by atoms with Gasteiger partial charge in [0.2, 0.25) is 5.82 Å². The zero-order valence-corrected chi connectivity index (χ0v) is 12.5. The summed E-state index contributed by atoms with van der Waals surface area (Å²) in [6, 6.07) is 13.0. The fourth-order valence-electron chi connectivity index (χ4n) is 2.08. The molecule has 0 saturated carbocycles. The Morgan fingerprint density at radius 2 is 1.88 bits per heavy atom. The van der Waals surface area contributed by atoms with Crippen molar-refractivity contribution in [2.45, 2.75) is 0 Å². The van der Waals surface area contributed by atoms with Gasteiger partial charge in [-0.3, -0.25) is 9.97 Å². The number of nitrogens with one attached hydrogen (secondary N) is 1. The summed E-state index contributed by atoms with van der Waals surface area (Å²) in [6.45, 7) is 0. The Kier molecular flexibility index (Phi) is 3.61. The first-order valence-electron chi connectivity index (χ1n) is 7.23. The predicted molar refractivity (Wildman–Crippen MR) is 87.7 cm³/mol. The van der Waals surface area contributed by atoms with Crippen LogP contribution in [0.1, 0.15) is 0 Å². The SMILES string of the molecule is c1ccc(-c2nnn(-c3ccc(Nc4cccnc4)nc3)n2)nc1. The average Bonchev–Trinajstić information content (AvgIpc) is 3.14. The Balaban J connectivity index is 1.54. The zero-order valence-electron chi connectivity index (χ0n) is 12.5. The molecule has 4 rings (SSSR count). The van der Waals surface area contributed by atoms with E-state index >= 15 is 0 Å². The van der Waals surface area contributed by atoms with Crippen molar-refractivity contribution >= 4 is 11.5 Å². The quantitative estimate of drug-likeness (QED) is 0.617. The lowest BCUT2D eigenvalue weighted by molar-refractivity contribution is 0.717. The van der Waals surface area contributed by atoms with Crippen LogP contribution in [0.3, 0.4) is 0 Å². The largest absolute Gasteiger partial charge is 0.339 e. The van der Waals surface area contributed by atoms with Crippen LogP contribution in [0.4, 0.5) is 11.5 Å². The minimum Gasteiger partial charge on any atom is -0.339 e. The third-order valence-electron chi connectivity index (χ3n) is 3.22. The van der Waals surface area contributed by atoms with Gasteiger partial charge in [-0.25, -0.2) is 4.98 Å². The highest BCUT2D eigenvalue weighted by molar-refractivity contribution is 5.55. The molecule has 4 aromatic heterocycles. The molecule has 0 bridgehead atoms. The van der Waals surface area contributed by atoms with Crippen LogP contribution in [-0.4, -0.2) is 35.2 Å². The van der Waals surface area contributed by atoms with Crippen molar-refractivity contribution in [3.8, 4) is 17.2 Å². The van der Waals surface area contributed by atoms with Crippen molar-refractivity contribution in [2.24, 2.45) is 0 Å². The van der Waals surface area contributed by atoms with Gasteiger partial charge in [-0.15, -0.1) is 15.0 Å². The molecule has 0 spiro atoms. The minimum atomic E-state index is 0.466. The van der Waals surface area contributed by atoms with E-state index in [1.165, 1.54) is 4.80 Å². The van der Waals surface area contributed by atoms with E-state index in [0.29, 0.717) is 23.0 Å². The first-order chi connectivity index (χ1) is 11.9. The number of hydrogen-bond acceptors (Lipinski definition) is 7. The van der Waals surface area contributed by atoms with Crippen molar-refractivity contribution in [2.75, 3.05) is 5.32 Å². The Morgan fingerprint density at radius 1 is 0.875 bits per heavy atom. The van der Waals surface area contributed by atoms with Crippen LogP contribution in [0.2, 0.25) is 0 Å². The highest BCUT2D eigenvalue weighted by Gasteiger charge is 2.08. The molecule has 0 aliphatic heterocycles. The first-order valence-corrected chi connectivity index (χ1v) is 7.23. The van der Waals surface area contributed by atoms with E-state index in [9.17, 15) is 0 Å². The molecule has 8 heteroatoms. The predicted octanol–water partition coefficient (Wildman–Crippen LogP) is 2.26. The Labute approximate surface area is 137 Å². The number of rotatable bonds is 4. The molecule has 0 unspecified atom stereocenters. The van der Waals surface area contributed by atoms with Crippen LogP contribution < -0.4 is 5.32 Å². The van der Waals surface area contributed by atoms with E-state index in [2.05, 4.69) is 35.7 Å². The second-order valence-electron chi connectivity index (χ2n) is 4.89. The fourth-order valence-corrected chi connectivity index (χ4v) is 2.08. The first kappa shape index (κ1) is 13.9. The zero-order chi connectivity index (χ0) is 16.2. The van der Waals surface area contributed by atoms with Crippen LogP contribution in [-0.2, 0) is 0 Å². The van der Waals surface area contributed by atoms with Crippen LogP contribution >= 0.6 is 0 Å². The number of anilines is 2. The van der Waals surface area contributed by atoms with Crippen LogP contribution in [0.25, 0.3) is 17.2 Å². The number of aromatic nitrogens is 7. The fraction of sp³-hybridized carbons (Fsp3) is 0. The van der Waals surface area contributed by atoms with E-state index in [1.807, 2.05) is 42.5 Å². The lowest BCUT2D eigenvalue weighted by atomic mass is 10.3. The highest BCUT2D eigenvalue weighted by Crippen LogP contribution is 2.15. The Morgan fingerprint density at radius 3 is 2.62 bits per heavy atom. The summed E-state index contributed by atoms with van der Waals surface area (Å²) in [4.78, 5) is 14.0. The van der Waals surface area contributed by atoms with Gasteiger partial charge in [0.15, 0.2) is 0 Å². The summed E-state index contributed by atoms with van der Waals surface area (Å²) in [7, 11) is 0. The molecule has 24 heavy (non-hydrogen) atoms. The molecule has 8 nitrogen and oxygen atoms in total. The number of pyridine rings is 3. The van der Waals surface area contributed by atoms with Gasteiger partial charge in [-0.1, -0.05) is 6.07 Å². The van der Waals surface area contributed by atoms with Crippen molar-refractivity contribution in [3.63, 3.8) is 0 Å². The van der Waals surface area contributed by atoms with E-state index < -0.39 is 0 Å². The summed E-state index contributed by atoms with van der Waals surface area (Å²) in [5.41, 5.74) is 2.25. The summed E-state index contributed by atoms with van der Waals surface area (Å²) in [5.74, 6) is 1.17. The summed E-state index contributed by atoms with van der Waals surface area (Å²) in [5, 5.41) is 15.6. The summed E-state index contributed by atoms with van der Waals surface area (Å²) < 4.78 is 0. The third kappa shape index (κ3) is 2.93. The molecule has 4 heterocycles. The van der Waals surface area contributed by atoms with Crippen LogP contribution in [0.5, 0.6) is 0 Å². The molecule has 0 aliphatic rings. The molecular weight excluding hydrogens is 304 g/mol. The van der Waals surface area contributed by atoms with E-state index in [4.69, 9.17) is 0 Å². The lowest BCUT2D eigenvalue weighted by Crippen LogP contribution is -2.01. The van der Waals surface area contributed by atoms with E-state index in [-0.39, 0.29) is 0 Å². The van der Waals surface area contributed by atoms with Crippen molar-refractivity contribution in [1.82, 2.24) is 35.2 Å². The van der Waals surface area contributed by atoms with E-state index in [1.54, 1.807) is 24.8 Å². The molecule has 0 fully saturated rings. The second kappa shape index (κ2) is 6.21. The second-order valence-corrected chi connectivity index (χ2v) is 4.89. The number of tetrazole rings is 1. The van der Waals surface area contributed by atoms with Crippen molar-refractivity contribution in [3.05, 3.63) is 67.3 Å². The monoisotopic (exact) mass is 316 g/mol. The Hall–Kier alpha value is -3.68. The minimum absolute atomic E-state index is 0.466. The molecule has 0 aromatic carbocycles. The molecule has 0 radical (unpaired) electrons. The number of nitrogens with zero attached hydrogens (tertiary/aromatic N) is 7. The van der Waals surface area contributed by atoms with Crippen molar-refractivity contribution < 1.29 is 0 Å². The molecular formula is C16H12N8. The van der Waals surface area contributed by atoms with Gasteiger partial charge < -0.3 is 5.32 Å². The molecule has 0 atom stereocenters. The smallest absolute Gasteiger partial charge is 0.223 e. The summed E-state index contributed by atoms with van der Waals surface area (Å²) in [6.07, 6.45) is 6.81. The van der Waals surface area contributed by atoms with Gasteiger partial charge in [-0.2, -0.15) is 0 Å². The van der Waals surface area contributed by atoms with Gasteiger partial charge in [0.1, 0.15) is 17.2 Å². The maximum atomic E-state index is 4.35. The summed E-state index contributed by atoms with van der Waals surface area (Å²) >= 11 is 0. The van der Waals surface area contributed by atoms with Gasteiger partial charge in [0, 0.05) is 12.4 Å². The topological polar surface area (TPSA) is 94.3 Å². The van der Waals surface area contributed by atoms with Gasteiger partial charge in [0.25, 0.3) is 0 Å².